The van der Waals surface area contributed by atoms with E-state index in [4.69, 9.17) is 28.2 Å². The zero-order valence-corrected chi connectivity index (χ0v) is 23.5. The molecule has 190 valence electrons. The number of benzene rings is 1. The topological polar surface area (TPSA) is 65.5 Å². The van der Waals surface area contributed by atoms with Gasteiger partial charge in [-0.2, -0.15) is 11.8 Å². The summed E-state index contributed by atoms with van der Waals surface area (Å²) in [5, 5.41) is 16.9. The Morgan fingerprint density at radius 3 is 2.66 bits per heavy atom. The summed E-state index contributed by atoms with van der Waals surface area (Å²) < 4.78 is 0. The number of hydrogen-bond donors (Lipinski definition) is 2. The van der Waals surface area contributed by atoms with Crippen LogP contribution in [-0.2, 0) is 11.2 Å². The average molecular weight is 555 g/mol. The molecule has 3 aliphatic rings. The second kappa shape index (κ2) is 10.1. The van der Waals surface area contributed by atoms with E-state index in [-0.39, 0.29) is 35.0 Å². The number of aliphatic hydroxyl groups excluding tert-OH is 1. The zero-order valence-electron chi connectivity index (χ0n) is 20.4. The van der Waals surface area contributed by atoms with E-state index in [1.54, 1.807) is 11.3 Å². The molecule has 0 bridgehead atoms. The molecule has 9 heteroatoms. The second-order valence-corrected chi connectivity index (χ2v) is 13.7. The van der Waals surface area contributed by atoms with E-state index in [1.807, 2.05) is 41.8 Å². The Hall–Kier alpha value is -0.990. The highest BCUT2D eigenvalue weighted by Gasteiger charge is 2.54. The van der Waals surface area contributed by atoms with E-state index in [2.05, 4.69) is 19.2 Å². The Morgan fingerprint density at radius 1 is 1.29 bits per heavy atom. The van der Waals surface area contributed by atoms with Crippen LogP contribution in [0, 0.1) is 23.2 Å². The smallest absolute Gasteiger partial charge is 0.225 e. The Balaban J connectivity index is 1.37. The van der Waals surface area contributed by atoms with Gasteiger partial charge < -0.3 is 15.3 Å². The third-order valence-electron chi connectivity index (χ3n) is 8.47. The van der Waals surface area contributed by atoms with Gasteiger partial charge in [0.25, 0.3) is 0 Å². The van der Waals surface area contributed by atoms with Crippen molar-refractivity contribution in [2.24, 2.45) is 23.2 Å². The van der Waals surface area contributed by atoms with Crippen LogP contribution >= 0.6 is 46.3 Å². The van der Waals surface area contributed by atoms with E-state index in [0.717, 1.165) is 54.7 Å². The number of aromatic nitrogens is 1. The molecule has 1 saturated carbocycles. The first-order chi connectivity index (χ1) is 16.7. The molecule has 1 amide bonds. The predicted molar refractivity (Wildman–Crippen MR) is 147 cm³/mol. The number of carbonyl (C=O) groups excluding carboxylic acids is 1. The number of carbonyl (C=O) groups is 1. The number of nitrogens with zero attached hydrogens (tertiary/aromatic N) is 2. The lowest BCUT2D eigenvalue weighted by Gasteiger charge is -2.53. The number of para-hydroxylation sites is 1. The lowest BCUT2D eigenvalue weighted by molar-refractivity contribution is -0.144. The van der Waals surface area contributed by atoms with Gasteiger partial charge in [-0.1, -0.05) is 50.0 Å². The van der Waals surface area contributed by atoms with Gasteiger partial charge in [-0.05, 0) is 48.6 Å². The number of anilines is 2. The molecule has 2 N–H and O–H groups in total. The molecule has 2 fully saturated rings. The van der Waals surface area contributed by atoms with Crippen molar-refractivity contribution in [3.05, 3.63) is 38.8 Å². The molecular weight excluding hydrogens is 521 g/mol. The van der Waals surface area contributed by atoms with Crippen molar-refractivity contribution in [2.75, 3.05) is 29.9 Å². The largest absolute Gasteiger partial charge is 0.392 e. The van der Waals surface area contributed by atoms with Gasteiger partial charge in [0.05, 0.1) is 27.5 Å². The molecule has 2 aromatic rings. The van der Waals surface area contributed by atoms with Gasteiger partial charge in [-0.15, -0.1) is 11.3 Å². The van der Waals surface area contributed by atoms with Crippen LogP contribution in [0.3, 0.4) is 0 Å². The molecule has 5 rings (SSSR count). The fourth-order valence-corrected chi connectivity index (χ4v) is 9.24. The number of rotatable bonds is 4. The number of thiazole rings is 1. The minimum atomic E-state index is -0.522. The highest BCUT2D eigenvalue weighted by molar-refractivity contribution is 7.99. The number of hydrogen-bond acceptors (Lipinski definition) is 6. The highest BCUT2D eigenvalue weighted by Crippen LogP contribution is 2.57. The number of thioether (sulfide) groups is 1. The van der Waals surface area contributed by atoms with Crippen LogP contribution in [0.4, 0.5) is 10.8 Å². The van der Waals surface area contributed by atoms with Crippen LogP contribution < -0.4 is 5.32 Å². The Morgan fingerprint density at radius 2 is 1.97 bits per heavy atom. The summed E-state index contributed by atoms with van der Waals surface area (Å²) in [5.74, 6) is 2.21. The molecule has 0 spiro atoms. The van der Waals surface area contributed by atoms with Gasteiger partial charge in [0.15, 0.2) is 5.13 Å². The molecule has 2 heterocycles. The molecule has 0 unspecified atom stereocenters. The summed E-state index contributed by atoms with van der Waals surface area (Å²) in [6.07, 6.45) is 2.26. The summed E-state index contributed by atoms with van der Waals surface area (Å²) in [4.78, 5) is 21.5. The Kier molecular flexibility index (Phi) is 7.37. The molecular formula is C26H33Cl2N3O2S2. The van der Waals surface area contributed by atoms with E-state index in [0.29, 0.717) is 15.7 Å². The third-order valence-corrected chi connectivity index (χ3v) is 11.0. The number of aliphatic hydroxyl groups is 1. The van der Waals surface area contributed by atoms with Crippen LogP contribution in [0.25, 0.3) is 0 Å². The summed E-state index contributed by atoms with van der Waals surface area (Å²) in [5.41, 5.74) is 1.70. The average Bonchev–Trinajstić information content (AvgIpc) is 3.23. The summed E-state index contributed by atoms with van der Waals surface area (Å²) in [6.45, 7) is 8.16. The second-order valence-electron chi connectivity index (χ2n) is 10.6. The van der Waals surface area contributed by atoms with Crippen molar-refractivity contribution in [2.45, 2.75) is 52.1 Å². The van der Waals surface area contributed by atoms with Gasteiger partial charge in [0.2, 0.25) is 5.91 Å². The predicted octanol–water partition coefficient (Wildman–Crippen LogP) is 6.46. The minimum absolute atomic E-state index is 0.0152. The van der Waals surface area contributed by atoms with Crippen LogP contribution in [-0.4, -0.2) is 51.6 Å². The van der Waals surface area contributed by atoms with Crippen LogP contribution in [0.2, 0.25) is 10.0 Å². The van der Waals surface area contributed by atoms with E-state index in [1.165, 1.54) is 4.88 Å². The number of fused-ring (bicyclic) bond motifs is 2. The Labute approximate surface area is 226 Å². The van der Waals surface area contributed by atoms with E-state index < -0.39 is 6.10 Å². The molecule has 5 nitrogen and oxygen atoms in total. The molecule has 0 radical (unpaired) electrons. The minimum Gasteiger partial charge on any atom is -0.392 e. The maximum atomic E-state index is 13.3. The molecule has 1 saturated heterocycles. The lowest BCUT2D eigenvalue weighted by Crippen LogP contribution is -2.54. The fraction of sp³-hybridized carbons (Fsp3) is 0.615. The summed E-state index contributed by atoms with van der Waals surface area (Å²) >= 11 is 16.3. The third kappa shape index (κ3) is 4.72. The quantitative estimate of drug-likeness (QED) is 0.454. The number of nitrogens with one attached hydrogen (secondary N) is 1. The normalized spacial score (nSPS) is 31.4. The van der Waals surface area contributed by atoms with Crippen molar-refractivity contribution < 1.29 is 9.90 Å². The van der Waals surface area contributed by atoms with Crippen LogP contribution in [0.15, 0.2) is 18.2 Å². The standard InChI is InChI=1S/C26H33Cl2N3O2S2/c1-14(24(33)31-9-11-34-12-10-31)16-7-8-26(3)13-19-21(15(2)20(26)23(16)32)29-25(35-19)30-22-17(27)5-4-6-18(22)28/h4-6,14-16,20,23,32H,7-13H2,1-3H3,(H,29,30)/t14-,15-,16-,20+,23-,26-/m0/s1. The van der Waals surface area contributed by atoms with Gasteiger partial charge >= 0.3 is 0 Å². The molecule has 1 aliphatic heterocycles. The first kappa shape index (κ1) is 25.7. The van der Waals surface area contributed by atoms with E-state index in [9.17, 15) is 9.90 Å². The molecule has 1 aromatic heterocycles. The van der Waals surface area contributed by atoms with Crippen molar-refractivity contribution in [3.8, 4) is 0 Å². The SMILES string of the molecule is C[C@H](C(=O)N1CCSCC1)[C@@H]1CC[C@@]2(C)Cc3sc(Nc4c(Cl)cccc4Cl)nc3[C@@H](C)[C@@H]2[C@H]1O. The number of halogens is 2. The maximum absolute atomic E-state index is 13.3. The van der Waals surface area contributed by atoms with Crippen LogP contribution in [0.1, 0.15) is 50.1 Å². The van der Waals surface area contributed by atoms with E-state index >= 15 is 0 Å². The summed E-state index contributed by atoms with van der Waals surface area (Å²) in [7, 11) is 0. The molecule has 35 heavy (non-hydrogen) atoms. The van der Waals surface area contributed by atoms with Crippen LogP contribution in [0.5, 0.6) is 0 Å². The van der Waals surface area contributed by atoms with Crippen molar-refractivity contribution >= 4 is 63.0 Å². The monoisotopic (exact) mass is 553 g/mol. The molecule has 2 aliphatic carbocycles. The van der Waals surface area contributed by atoms with Crippen molar-refractivity contribution in [3.63, 3.8) is 0 Å². The Bertz CT molecular complexity index is 1090. The first-order valence-corrected chi connectivity index (χ1v) is 15.2. The van der Waals surface area contributed by atoms with Crippen molar-refractivity contribution in [1.29, 1.82) is 0 Å². The van der Waals surface area contributed by atoms with Gasteiger partial charge in [0, 0.05) is 41.3 Å². The lowest BCUT2D eigenvalue weighted by atomic mass is 9.53. The maximum Gasteiger partial charge on any atom is 0.225 e. The highest BCUT2D eigenvalue weighted by atomic mass is 35.5. The number of amides is 1. The molecule has 1 aromatic carbocycles. The van der Waals surface area contributed by atoms with Gasteiger partial charge in [-0.25, -0.2) is 4.98 Å². The fourth-order valence-electron chi connectivity index (χ4n) is 6.58. The molecule has 6 atom stereocenters. The van der Waals surface area contributed by atoms with Gasteiger partial charge in [0.1, 0.15) is 0 Å². The first-order valence-electron chi connectivity index (χ1n) is 12.4. The van der Waals surface area contributed by atoms with Crippen molar-refractivity contribution in [1.82, 2.24) is 9.88 Å². The summed E-state index contributed by atoms with van der Waals surface area (Å²) in [6, 6.07) is 5.44. The van der Waals surface area contributed by atoms with Gasteiger partial charge in [-0.3, -0.25) is 4.79 Å². The zero-order chi connectivity index (χ0) is 24.9.